The molecule has 0 amide bonds. The van der Waals surface area contributed by atoms with Gasteiger partial charge in [-0.05, 0) is 56.7 Å². The molecule has 14 heteroatoms. The maximum atomic E-state index is 13.9. The molecule has 1 aromatic heterocycles. The number of aromatic nitrogens is 2. The van der Waals surface area contributed by atoms with Crippen molar-refractivity contribution in [1.29, 1.82) is 0 Å². The number of carbonyl (C=O) groups is 1. The standard InChI is InChI=1S/C26H33N4O9P/c1-15(2)37-23(32)16(3)29-40(35,39-19-10-9-17-7-5-6-8-18(17)13-19)36-14-20-22(31)26(4,34)24(38-20)30-12-11-21(27)28-25(30)33/h5-13,15-16,20,22,24,31,34H,14H2,1-4H3,(H,29,35)(H2,27,28,33)/t16-,20+,22+,24+,26+,40?/m0/s1. The van der Waals surface area contributed by atoms with Crippen molar-refractivity contribution in [3.05, 3.63) is 65.2 Å². The summed E-state index contributed by atoms with van der Waals surface area (Å²) in [5.41, 5.74) is 2.78. The van der Waals surface area contributed by atoms with E-state index in [4.69, 9.17) is 24.3 Å². The van der Waals surface area contributed by atoms with E-state index in [1.165, 1.54) is 26.1 Å². The fourth-order valence-corrected chi connectivity index (χ4v) is 5.72. The third kappa shape index (κ3) is 6.52. The SMILES string of the molecule is CC(C)OC(=O)[C@H](C)NP(=O)(OC[C@H]1O[C@@H](n2ccc(N)nc2=O)[C@](C)(O)[C@@H]1O)Oc1ccc2ccccc2c1. The van der Waals surface area contributed by atoms with Crippen molar-refractivity contribution in [1.82, 2.24) is 14.6 Å². The van der Waals surface area contributed by atoms with Crippen LogP contribution in [0.3, 0.4) is 0 Å². The Kier molecular flexibility index (Phi) is 8.64. The molecule has 40 heavy (non-hydrogen) atoms. The van der Waals surface area contributed by atoms with Crippen molar-refractivity contribution in [3.63, 3.8) is 0 Å². The van der Waals surface area contributed by atoms with Gasteiger partial charge in [0.25, 0.3) is 0 Å². The van der Waals surface area contributed by atoms with Gasteiger partial charge in [-0.1, -0.05) is 30.3 Å². The summed E-state index contributed by atoms with van der Waals surface area (Å²) < 4.78 is 37.3. The number of nitrogens with one attached hydrogen (secondary N) is 1. The van der Waals surface area contributed by atoms with Crippen LogP contribution in [0.25, 0.3) is 10.8 Å². The molecule has 0 spiro atoms. The molecule has 1 aliphatic rings. The van der Waals surface area contributed by atoms with Crippen molar-refractivity contribution in [2.75, 3.05) is 12.3 Å². The molecule has 4 rings (SSSR count). The zero-order valence-electron chi connectivity index (χ0n) is 22.5. The number of nitrogens with zero attached hydrogens (tertiary/aromatic N) is 2. The number of esters is 1. The molecule has 1 aliphatic heterocycles. The molecule has 1 fully saturated rings. The molecule has 2 aromatic carbocycles. The van der Waals surface area contributed by atoms with E-state index >= 15 is 0 Å². The van der Waals surface area contributed by atoms with Crippen molar-refractivity contribution in [2.24, 2.45) is 0 Å². The Morgan fingerprint density at radius 3 is 2.60 bits per heavy atom. The number of rotatable bonds is 10. The Morgan fingerprint density at radius 1 is 1.23 bits per heavy atom. The van der Waals surface area contributed by atoms with Gasteiger partial charge < -0.3 is 29.9 Å². The van der Waals surface area contributed by atoms with Gasteiger partial charge in [-0.3, -0.25) is 13.9 Å². The highest BCUT2D eigenvalue weighted by atomic mass is 31.2. The van der Waals surface area contributed by atoms with Crippen LogP contribution in [-0.4, -0.2) is 62.3 Å². The number of carbonyl (C=O) groups excluding carboxylic acids is 1. The first-order valence-corrected chi connectivity index (χ1v) is 14.1. The van der Waals surface area contributed by atoms with E-state index in [1.54, 1.807) is 32.0 Å². The molecule has 216 valence electrons. The number of hydrogen-bond acceptors (Lipinski definition) is 11. The predicted molar refractivity (Wildman–Crippen MR) is 145 cm³/mol. The van der Waals surface area contributed by atoms with E-state index in [1.807, 2.05) is 24.3 Å². The van der Waals surface area contributed by atoms with Gasteiger partial charge in [-0.15, -0.1) is 0 Å². The zero-order valence-corrected chi connectivity index (χ0v) is 23.4. The minimum atomic E-state index is -4.32. The number of aliphatic hydroxyl groups excluding tert-OH is 1. The van der Waals surface area contributed by atoms with E-state index in [9.17, 15) is 24.4 Å². The van der Waals surface area contributed by atoms with Crippen LogP contribution in [0.2, 0.25) is 0 Å². The monoisotopic (exact) mass is 576 g/mol. The average molecular weight is 577 g/mol. The van der Waals surface area contributed by atoms with Crippen molar-refractivity contribution < 1.29 is 38.1 Å². The Labute approximate surface area is 230 Å². The zero-order chi connectivity index (χ0) is 29.2. The first-order chi connectivity index (χ1) is 18.8. The lowest BCUT2D eigenvalue weighted by Gasteiger charge is -2.27. The molecule has 0 saturated carbocycles. The lowest BCUT2D eigenvalue weighted by Crippen LogP contribution is -2.46. The summed E-state index contributed by atoms with van der Waals surface area (Å²) in [6.45, 7) is 5.52. The van der Waals surface area contributed by atoms with Gasteiger partial charge in [0, 0.05) is 6.20 Å². The fourth-order valence-electron chi connectivity index (χ4n) is 4.23. The van der Waals surface area contributed by atoms with Crippen molar-refractivity contribution in [2.45, 2.75) is 63.9 Å². The average Bonchev–Trinajstić information content (AvgIpc) is 3.10. The van der Waals surface area contributed by atoms with Gasteiger partial charge >= 0.3 is 19.4 Å². The molecule has 1 unspecified atom stereocenters. The third-order valence-electron chi connectivity index (χ3n) is 6.27. The number of hydrogen-bond donors (Lipinski definition) is 4. The lowest BCUT2D eigenvalue weighted by atomic mass is 9.96. The van der Waals surface area contributed by atoms with Gasteiger partial charge in [0.05, 0.1) is 12.7 Å². The highest BCUT2D eigenvalue weighted by Crippen LogP contribution is 2.47. The second kappa shape index (κ2) is 11.7. The Bertz CT molecular complexity index is 1480. The van der Waals surface area contributed by atoms with Crippen molar-refractivity contribution in [3.8, 4) is 5.75 Å². The minimum Gasteiger partial charge on any atom is -0.462 e. The second-order valence-corrected chi connectivity index (χ2v) is 11.7. The summed E-state index contributed by atoms with van der Waals surface area (Å²) in [5, 5.41) is 26.1. The van der Waals surface area contributed by atoms with E-state index in [2.05, 4.69) is 10.1 Å². The number of anilines is 1. The van der Waals surface area contributed by atoms with Gasteiger partial charge in [-0.25, -0.2) is 9.36 Å². The van der Waals surface area contributed by atoms with Crippen LogP contribution < -0.4 is 21.0 Å². The van der Waals surface area contributed by atoms with Crippen LogP contribution in [0, 0.1) is 0 Å². The van der Waals surface area contributed by atoms with Gasteiger partial charge in [0.2, 0.25) is 0 Å². The van der Waals surface area contributed by atoms with Gasteiger partial charge in [0.15, 0.2) is 6.23 Å². The topological polar surface area (TPSA) is 184 Å². The predicted octanol–water partition coefficient (Wildman–Crippen LogP) is 2.12. The quantitative estimate of drug-likeness (QED) is 0.204. The number of fused-ring (bicyclic) bond motifs is 1. The second-order valence-electron chi connectivity index (χ2n) is 9.97. The molecule has 0 bridgehead atoms. The number of nitrogens with two attached hydrogens (primary N) is 1. The highest BCUT2D eigenvalue weighted by Gasteiger charge is 2.54. The first kappa shape index (κ1) is 29.7. The lowest BCUT2D eigenvalue weighted by molar-refractivity contribution is -0.149. The summed E-state index contributed by atoms with van der Waals surface area (Å²) in [4.78, 5) is 28.4. The van der Waals surface area contributed by atoms with Gasteiger partial charge in [-0.2, -0.15) is 10.1 Å². The number of aliphatic hydroxyl groups is 2. The van der Waals surface area contributed by atoms with Crippen LogP contribution in [0.1, 0.15) is 33.9 Å². The molecule has 0 radical (unpaired) electrons. The summed E-state index contributed by atoms with van der Waals surface area (Å²) in [5.74, 6) is -0.519. The minimum absolute atomic E-state index is 0.0257. The molecule has 2 heterocycles. The summed E-state index contributed by atoms with van der Waals surface area (Å²) in [6.07, 6.45) is -3.31. The molecule has 3 aromatic rings. The summed E-state index contributed by atoms with van der Waals surface area (Å²) >= 11 is 0. The molecule has 1 saturated heterocycles. The Morgan fingerprint density at radius 2 is 1.93 bits per heavy atom. The molecule has 6 atom stereocenters. The third-order valence-corrected chi connectivity index (χ3v) is 7.91. The van der Waals surface area contributed by atoms with E-state index in [0.717, 1.165) is 15.3 Å². The van der Waals surface area contributed by atoms with Gasteiger partial charge in [0.1, 0.15) is 35.4 Å². The van der Waals surface area contributed by atoms with Crippen molar-refractivity contribution >= 4 is 30.3 Å². The van der Waals surface area contributed by atoms with E-state index in [0.29, 0.717) is 0 Å². The van der Waals surface area contributed by atoms with Crippen LogP contribution >= 0.6 is 7.75 Å². The molecule has 13 nitrogen and oxygen atoms in total. The normalized spacial score (nSPS) is 25.0. The summed E-state index contributed by atoms with van der Waals surface area (Å²) in [7, 11) is -4.32. The largest absolute Gasteiger partial charge is 0.462 e. The van der Waals surface area contributed by atoms with E-state index < -0.39 is 62.2 Å². The molecular weight excluding hydrogens is 543 g/mol. The first-order valence-electron chi connectivity index (χ1n) is 12.6. The van der Waals surface area contributed by atoms with E-state index in [-0.39, 0.29) is 11.6 Å². The molecule has 0 aliphatic carbocycles. The van der Waals surface area contributed by atoms with Crippen LogP contribution in [0.15, 0.2) is 59.5 Å². The highest BCUT2D eigenvalue weighted by molar-refractivity contribution is 7.52. The Hall–Kier alpha value is -3.32. The maximum absolute atomic E-state index is 13.9. The number of benzene rings is 2. The number of ether oxygens (including phenoxy) is 2. The summed E-state index contributed by atoms with van der Waals surface area (Å²) in [6, 6.07) is 12.7. The van der Waals surface area contributed by atoms with Crippen LogP contribution in [0.4, 0.5) is 5.82 Å². The van der Waals surface area contributed by atoms with Crippen LogP contribution in [0.5, 0.6) is 5.75 Å². The maximum Gasteiger partial charge on any atom is 0.459 e. The molecule has 5 N–H and O–H groups in total. The fraction of sp³-hybridized carbons (Fsp3) is 0.423. The molecular formula is C26H33N4O9P. The van der Waals surface area contributed by atoms with Crippen LogP contribution in [-0.2, 0) is 23.4 Å². The smallest absolute Gasteiger partial charge is 0.459 e. The Balaban J connectivity index is 1.57. The number of nitrogen functional groups attached to an aromatic ring is 1.